The molecule has 128 valence electrons. The highest BCUT2D eigenvalue weighted by Crippen LogP contribution is 2.34. The Kier molecular flexibility index (Phi) is 4.58. The van der Waals surface area contributed by atoms with Gasteiger partial charge in [-0.05, 0) is 17.7 Å². The molecule has 0 bridgehead atoms. The van der Waals surface area contributed by atoms with Crippen molar-refractivity contribution in [3.8, 4) is 22.8 Å². The average molecular weight is 342 g/mol. The fraction of sp³-hybridized carbons (Fsp3) is 0.0909. The van der Waals surface area contributed by atoms with Crippen LogP contribution in [0.15, 0.2) is 89.6 Å². The number of aliphatic hydroxyl groups is 1. The summed E-state index contributed by atoms with van der Waals surface area (Å²) in [5.41, 5.74) is 3.25. The van der Waals surface area contributed by atoms with E-state index >= 15 is 0 Å². The smallest absolute Gasteiger partial charge is 0.228 e. The normalized spacial score (nSPS) is 12.0. The standard InChI is InChI=1S/C22H18N2O2/c25-19(14-16-8-3-1-4-9-16)20-21(17-10-5-2-6-11-17)26-22(24-20)18-12-7-13-23-15-18/h1-13,15,19,25H,14H2. The van der Waals surface area contributed by atoms with E-state index in [9.17, 15) is 5.11 Å². The predicted octanol–water partition coefficient (Wildman–Crippen LogP) is 4.68. The summed E-state index contributed by atoms with van der Waals surface area (Å²) in [6.07, 6.45) is 3.12. The molecule has 0 amide bonds. The molecule has 26 heavy (non-hydrogen) atoms. The molecule has 0 radical (unpaired) electrons. The summed E-state index contributed by atoms with van der Waals surface area (Å²) in [5, 5.41) is 10.8. The van der Waals surface area contributed by atoms with E-state index in [2.05, 4.69) is 9.97 Å². The van der Waals surface area contributed by atoms with Crippen molar-refractivity contribution in [2.75, 3.05) is 0 Å². The van der Waals surface area contributed by atoms with Gasteiger partial charge in [0.15, 0.2) is 5.76 Å². The molecule has 0 saturated carbocycles. The van der Waals surface area contributed by atoms with Crippen molar-refractivity contribution >= 4 is 0 Å². The molecule has 0 aliphatic heterocycles. The van der Waals surface area contributed by atoms with Crippen LogP contribution < -0.4 is 0 Å². The first-order valence-electron chi connectivity index (χ1n) is 8.50. The zero-order valence-corrected chi connectivity index (χ0v) is 14.1. The fourth-order valence-electron chi connectivity index (χ4n) is 2.90. The van der Waals surface area contributed by atoms with Crippen molar-refractivity contribution in [3.05, 3.63) is 96.4 Å². The van der Waals surface area contributed by atoms with Crippen LogP contribution in [0, 0.1) is 0 Å². The van der Waals surface area contributed by atoms with E-state index in [4.69, 9.17) is 4.42 Å². The maximum atomic E-state index is 10.8. The molecule has 1 unspecified atom stereocenters. The Morgan fingerprint density at radius 2 is 1.54 bits per heavy atom. The van der Waals surface area contributed by atoms with E-state index in [0.29, 0.717) is 23.8 Å². The van der Waals surface area contributed by atoms with Crippen molar-refractivity contribution in [1.82, 2.24) is 9.97 Å². The lowest BCUT2D eigenvalue weighted by molar-refractivity contribution is 0.174. The minimum absolute atomic E-state index is 0.457. The van der Waals surface area contributed by atoms with Gasteiger partial charge in [-0.1, -0.05) is 60.7 Å². The Hall–Kier alpha value is -3.24. The van der Waals surface area contributed by atoms with Crippen LogP contribution in [0.25, 0.3) is 22.8 Å². The molecule has 4 aromatic rings. The second kappa shape index (κ2) is 7.33. The summed E-state index contributed by atoms with van der Waals surface area (Å²) in [7, 11) is 0. The van der Waals surface area contributed by atoms with Crippen LogP contribution in [0.1, 0.15) is 17.4 Å². The molecule has 4 nitrogen and oxygen atoms in total. The summed E-state index contributed by atoms with van der Waals surface area (Å²) in [4.78, 5) is 8.72. The predicted molar refractivity (Wildman–Crippen MR) is 100 cm³/mol. The molecule has 0 spiro atoms. The summed E-state index contributed by atoms with van der Waals surface area (Å²) >= 11 is 0. The number of pyridine rings is 1. The van der Waals surface area contributed by atoms with E-state index in [1.54, 1.807) is 12.4 Å². The molecule has 2 aromatic heterocycles. The van der Waals surface area contributed by atoms with Gasteiger partial charge >= 0.3 is 0 Å². The lowest BCUT2D eigenvalue weighted by Crippen LogP contribution is -2.04. The number of hydrogen-bond acceptors (Lipinski definition) is 4. The van der Waals surface area contributed by atoms with Crippen LogP contribution in [0.4, 0.5) is 0 Å². The van der Waals surface area contributed by atoms with Crippen LogP contribution in [0.5, 0.6) is 0 Å². The first-order chi connectivity index (χ1) is 12.8. The summed E-state index contributed by atoms with van der Waals surface area (Å²) in [5.74, 6) is 1.05. The van der Waals surface area contributed by atoms with Gasteiger partial charge in [0.1, 0.15) is 11.8 Å². The Morgan fingerprint density at radius 1 is 0.846 bits per heavy atom. The van der Waals surface area contributed by atoms with Gasteiger partial charge < -0.3 is 9.52 Å². The minimum Gasteiger partial charge on any atom is -0.436 e. The number of benzene rings is 2. The van der Waals surface area contributed by atoms with Gasteiger partial charge in [-0.15, -0.1) is 0 Å². The first kappa shape index (κ1) is 16.2. The van der Waals surface area contributed by atoms with Gasteiger partial charge in [0.2, 0.25) is 5.89 Å². The molecule has 0 aliphatic carbocycles. The third-order valence-corrected chi connectivity index (χ3v) is 4.19. The molecule has 0 saturated heterocycles. The molecule has 2 heterocycles. The number of nitrogens with zero attached hydrogens (tertiary/aromatic N) is 2. The topological polar surface area (TPSA) is 59.2 Å². The Bertz CT molecular complexity index is 967. The second-order valence-corrected chi connectivity index (χ2v) is 6.05. The quantitative estimate of drug-likeness (QED) is 0.572. The number of oxazole rings is 1. The molecule has 2 aromatic carbocycles. The summed E-state index contributed by atoms with van der Waals surface area (Å²) < 4.78 is 6.03. The van der Waals surface area contributed by atoms with Crippen molar-refractivity contribution in [2.24, 2.45) is 0 Å². The SMILES string of the molecule is OC(Cc1ccccc1)c1nc(-c2cccnc2)oc1-c1ccccc1. The highest BCUT2D eigenvalue weighted by Gasteiger charge is 2.22. The molecular weight excluding hydrogens is 324 g/mol. The maximum absolute atomic E-state index is 10.8. The highest BCUT2D eigenvalue weighted by molar-refractivity contribution is 5.64. The molecule has 1 N–H and O–H groups in total. The van der Waals surface area contributed by atoms with Crippen molar-refractivity contribution in [1.29, 1.82) is 0 Å². The van der Waals surface area contributed by atoms with E-state index in [1.165, 1.54) is 0 Å². The van der Waals surface area contributed by atoms with Gasteiger partial charge in [0.05, 0.1) is 5.56 Å². The summed E-state index contributed by atoms with van der Waals surface area (Å²) in [6, 6.07) is 23.3. The average Bonchev–Trinajstić information content (AvgIpc) is 3.16. The molecule has 4 rings (SSSR count). The van der Waals surface area contributed by atoms with E-state index < -0.39 is 6.10 Å². The second-order valence-electron chi connectivity index (χ2n) is 6.05. The third kappa shape index (κ3) is 3.41. The van der Waals surface area contributed by atoms with E-state index in [0.717, 1.165) is 16.7 Å². The summed E-state index contributed by atoms with van der Waals surface area (Å²) in [6.45, 7) is 0. The monoisotopic (exact) mass is 342 g/mol. The maximum Gasteiger partial charge on any atom is 0.228 e. The molecule has 0 aliphatic rings. The highest BCUT2D eigenvalue weighted by atomic mass is 16.4. The Balaban J connectivity index is 1.75. The number of aromatic nitrogens is 2. The van der Waals surface area contributed by atoms with Crippen LogP contribution >= 0.6 is 0 Å². The largest absolute Gasteiger partial charge is 0.436 e. The Labute approximate surface area is 151 Å². The third-order valence-electron chi connectivity index (χ3n) is 4.19. The first-order valence-corrected chi connectivity index (χ1v) is 8.50. The number of aliphatic hydroxyl groups excluding tert-OH is 1. The molecule has 4 heteroatoms. The van der Waals surface area contributed by atoms with Gasteiger partial charge in [0, 0.05) is 24.4 Å². The molecular formula is C22H18N2O2. The molecule has 1 atom stereocenters. The van der Waals surface area contributed by atoms with Gasteiger partial charge in [-0.3, -0.25) is 4.98 Å². The van der Waals surface area contributed by atoms with Gasteiger partial charge in [-0.2, -0.15) is 0 Å². The molecule has 0 fully saturated rings. The van der Waals surface area contributed by atoms with Crippen molar-refractivity contribution < 1.29 is 9.52 Å². The number of hydrogen-bond donors (Lipinski definition) is 1. The minimum atomic E-state index is -0.762. The number of rotatable bonds is 5. The van der Waals surface area contributed by atoms with Crippen LogP contribution in [-0.4, -0.2) is 15.1 Å². The fourth-order valence-corrected chi connectivity index (χ4v) is 2.90. The van der Waals surface area contributed by atoms with Gasteiger partial charge in [0.25, 0.3) is 0 Å². The van der Waals surface area contributed by atoms with E-state index in [-0.39, 0.29) is 0 Å². The van der Waals surface area contributed by atoms with Crippen molar-refractivity contribution in [2.45, 2.75) is 12.5 Å². The van der Waals surface area contributed by atoms with Gasteiger partial charge in [-0.25, -0.2) is 4.98 Å². The van der Waals surface area contributed by atoms with Crippen LogP contribution in [0.2, 0.25) is 0 Å². The van der Waals surface area contributed by atoms with E-state index in [1.807, 2.05) is 72.8 Å². The zero-order chi connectivity index (χ0) is 17.8. The lowest BCUT2D eigenvalue weighted by Gasteiger charge is -2.09. The zero-order valence-electron chi connectivity index (χ0n) is 14.1. The Morgan fingerprint density at radius 3 is 2.23 bits per heavy atom. The van der Waals surface area contributed by atoms with Crippen LogP contribution in [-0.2, 0) is 6.42 Å². The van der Waals surface area contributed by atoms with Crippen LogP contribution in [0.3, 0.4) is 0 Å². The lowest BCUT2D eigenvalue weighted by atomic mass is 10.0. The van der Waals surface area contributed by atoms with Crippen molar-refractivity contribution in [3.63, 3.8) is 0 Å².